The zero-order chi connectivity index (χ0) is 27.6. The van der Waals surface area contributed by atoms with Crippen LogP contribution in [-0.4, -0.2) is 45.4 Å². The van der Waals surface area contributed by atoms with Crippen molar-refractivity contribution in [3.05, 3.63) is 47.3 Å². The van der Waals surface area contributed by atoms with E-state index in [0.717, 1.165) is 24.8 Å². The Morgan fingerprint density at radius 1 is 1.13 bits per heavy atom. The van der Waals surface area contributed by atoms with Gasteiger partial charge >= 0.3 is 5.97 Å². The molecule has 1 spiro atoms. The first-order valence-electron chi connectivity index (χ1n) is 14.4. The third-order valence-electron chi connectivity index (χ3n) is 10.8. The summed E-state index contributed by atoms with van der Waals surface area (Å²) in [5.74, 6) is -0.619. The summed E-state index contributed by atoms with van der Waals surface area (Å²) in [6.07, 6.45) is 14.0. The van der Waals surface area contributed by atoms with Crippen LogP contribution in [0.25, 0.3) is 0 Å². The van der Waals surface area contributed by atoms with E-state index >= 15 is 0 Å². The van der Waals surface area contributed by atoms with Gasteiger partial charge in [0.2, 0.25) is 5.78 Å². The summed E-state index contributed by atoms with van der Waals surface area (Å²) in [6.45, 7) is 9.86. The third-order valence-corrected chi connectivity index (χ3v) is 10.8. The van der Waals surface area contributed by atoms with Crippen LogP contribution in [0.1, 0.15) is 73.1 Å². The summed E-state index contributed by atoms with van der Waals surface area (Å²) >= 11 is 0. The van der Waals surface area contributed by atoms with Crippen molar-refractivity contribution in [3.8, 4) is 0 Å². The molecule has 6 nitrogen and oxygen atoms in total. The van der Waals surface area contributed by atoms with Crippen LogP contribution in [-0.2, 0) is 14.3 Å². The molecule has 38 heavy (non-hydrogen) atoms. The van der Waals surface area contributed by atoms with Gasteiger partial charge in [0.15, 0.2) is 5.60 Å². The molecule has 5 aliphatic rings. The fourth-order valence-corrected chi connectivity index (χ4v) is 8.73. The van der Waals surface area contributed by atoms with Gasteiger partial charge < -0.3 is 20.1 Å². The summed E-state index contributed by atoms with van der Waals surface area (Å²) in [5, 5.41) is 32.5. The van der Waals surface area contributed by atoms with E-state index in [1.54, 1.807) is 6.92 Å². The van der Waals surface area contributed by atoms with Crippen molar-refractivity contribution in [2.75, 3.05) is 6.61 Å². The molecule has 0 aromatic heterocycles. The van der Waals surface area contributed by atoms with Gasteiger partial charge in [-0.1, -0.05) is 64.5 Å². The predicted octanol–water partition coefficient (Wildman–Crippen LogP) is 5.22. The summed E-state index contributed by atoms with van der Waals surface area (Å²) in [7, 11) is 0. The topological polar surface area (TPSA) is 104 Å². The largest absolute Gasteiger partial charge is 0.511 e. The first kappa shape index (κ1) is 27.4. The lowest BCUT2D eigenvalue weighted by Gasteiger charge is -2.52. The number of hydrogen-bond donors (Lipinski definition) is 3. The van der Waals surface area contributed by atoms with Gasteiger partial charge in [-0.3, -0.25) is 4.79 Å². The number of rotatable bonds is 3. The van der Waals surface area contributed by atoms with Crippen molar-refractivity contribution in [1.29, 1.82) is 0 Å². The first-order chi connectivity index (χ1) is 17.9. The second kappa shape index (κ2) is 9.48. The molecule has 1 saturated carbocycles. The Morgan fingerprint density at radius 3 is 2.55 bits per heavy atom. The van der Waals surface area contributed by atoms with Gasteiger partial charge in [0.05, 0.1) is 12.7 Å². The van der Waals surface area contributed by atoms with Crippen molar-refractivity contribution in [1.82, 2.24) is 0 Å². The Balaban J connectivity index is 1.72. The second-order valence-electron chi connectivity index (χ2n) is 13.4. The maximum Gasteiger partial charge on any atom is 0.346 e. The molecule has 0 aromatic carbocycles. The van der Waals surface area contributed by atoms with Gasteiger partial charge in [-0.25, -0.2) is 4.79 Å². The van der Waals surface area contributed by atoms with Crippen LogP contribution in [0.5, 0.6) is 0 Å². The number of allylic oxidation sites excluding steroid dienone is 5. The molecule has 2 fully saturated rings. The lowest BCUT2D eigenvalue weighted by molar-refractivity contribution is -0.166. The van der Waals surface area contributed by atoms with Gasteiger partial charge in [0, 0.05) is 17.3 Å². The van der Waals surface area contributed by atoms with Crippen molar-refractivity contribution >= 4 is 11.8 Å². The molecule has 10 atom stereocenters. The molecule has 1 saturated heterocycles. The van der Waals surface area contributed by atoms with Gasteiger partial charge in [-0.15, -0.1) is 0 Å². The average molecular weight is 525 g/mol. The van der Waals surface area contributed by atoms with Crippen molar-refractivity contribution in [2.45, 2.75) is 84.8 Å². The summed E-state index contributed by atoms with van der Waals surface area (Å²) in [5.41, 5.74) is -2.62. The molecule has 1 aliphatic heterocycles. The zero-order valence-electron chi connectivity index (χ0n) is 23.4. The van der Waals surface area contributed by atoms with Crippen molar-refractivity contribution in [2.24, 2.45) is 46.3 Å². The van der Waals surface area contributed by atoms with Gasteiger partial charge in [-0.2, -0.15) is 0 Å². The van der Waals surface area contributed by atoms with E-state index in [4.69, 9.17) is 4.74 Å². The molecule has 1 heterocycles. The van der Waals surface area contributed by atoms with Gasteiger partial charge in [-0.05, 0) is 73.7 Å². The van der Waals surface area contributed by atoms with E-state index in [0.29, 0.717) is 18.8 Å². The Labute approximate surface area is 226 Å². The van der Waals surface area contributed by atoms with Crippen LogP contribution in [0.3, 0.4) is 0 Å². The number of hydrogen-bond acceptors (Lipinski definition) is 6. The minimum atomic E-state index is -1.50. The number of aliphatic hydroxyl groups is 3. The smallest absolute Gasteiger partial charge is 0.346 e. The lowest BCUT2D eigenvalue weighted by atomic mass is 9.52. The van der Waals surface area contributed by atoms with E-state index < -0.39 is 34.3 Å². The number of ketones is 1. The highest BCUT2D eigenvalue weighted by Crippen LogP contribution is 2.60. The number of fused-ring (bicyclic) bond motifs is 4. The Bertz CT molecular complexity index is 1130. The maximum atomic E-state index is 14.5. The number of carbonyl (C=O) groups is 2. The number of aliphatic hydroxyl groups excluding tert-OH is 3. The van der Waals surface area contributed by atoms with Crippen molar-refractivity contribution in [3.63, 3.8) is 0 Å². The molecule has 4 aliphatic carbocycles. The van der Waals surface area contributed by atoms with Crippen LogP contribution in [0, 0.1) is 46.3 Å². The standard InChI is InChI=1S/C32H44O6/c1-18-8-10-25-21(13-18)9-11-24-19(2)7-6-12-30(4)15-23(17-33)22(14-20(3)34)16-32(30)28(36)26(29(37)38-32)27(35)31(24,25)5/h6-7,9,11,15,18-22,24-25,33-35H,8,10,12-14,16-17H2,1-5H3/t18-,19+,20+,21+,22+,24-,25+,30+,31+,32+/m0/s1. The van der Waals surface area contributed by atoms with E-state index in [1.165, 1.54) is 0 Å². The van der Waals surface area contributed by atoms with Gasteiger partial charge in [0.1, 0.15) is 11.3 Å². The second-order valence-corrected chi connectivity index (χ2v) is 13.4. The molecule has 0 unspecified atom stereocenters. The molecule has 2 bridgehead atoms. The minimum Gasteiger partial charge on any atom is -0.511 e. The monoisotopic (exact) mass is 524 g/mol. The highest BCUT2D eigenvalue weighted by molar-refractivity contribution is 6.26. The Morgan fingerprint density at radius 2 is 1.87 bits per heavy atom. The van der Waals surface area contributed by atoms with E-state index in [2.05, 4.69) is 38.2 Å². The van der Waals surface area contributed by atoms with Crippen LogP contribution in [0.2, 0.25) is 0 Å². The average Bonchev–Trinajstić information content (AvgIpc) is 3.09. The molecular weight excluding hydrogens is 480 g/mol. The van der Waals surface area contributed by atoms with E-state index in [1.807, 2.05) is 19.9 Å². The molecule has 0 amide bonds. The third kappa shape index (κ3) is 3.89. The molecule has 6 heteroatoms. The number of esters is 1. The van der Waals surface area contributed by atoms with E-state index in [9.17, 15) is 24.9 Å². The van der Waals surface area contributed by atoms with Crippen molar-refractivity contribution < 1.29 is 29.6 Å². The molecule has 208 valence electrons. The first-order valence-corrected chi connectivity index (χ1v) is 14.4. The summed E-state index contributed by atoms with van der Waals surface area (Å²) in [6, 6.07) is 0. The zero-order valence-corrected chi connectivity index (χ0v) is 23.4. The molecule has 3 N–H and O–H groups in total. The highest BCUT2D eigenvalue weighted by Gasteiger charge is 2.66. The van der Waals surface area contributed by atoms with E-state index in [-0.39, 0.29) is 53.9 Å². The highest BCUT2D eigenvalue weighted by atomic mass is 16.6. The Hall–Kier alpha value is -2.18. The molecular formula is C32H44O6. The number of ether oxygens (including phenoxy) is 1. The maximum absolute atomic E-state index is 14.5. The minimum absolute atomic E-state index is 0.0717. The van der Waals surface area contributed by atoms with Crippen LogP contribution in [0.15, 0.2) is 47.3 Å². The Kier molecular flexibility index (Phi) is 6.83. The predicted molar refractivity (Wildman–Crippen MR) is 145 cm³/mol. The van der Waals surface area contributed by atoms with Gasteiger partial charge in [0.25, 0.3) is 0 Å². The molecule has 5 rings (SSSR count). The van der Waals surface area contributed by atoms with Crippen LogP contribution < -0.4 is 0 Å². The normalized spacial score (nSPS) is 45.4. The quantitative estimate of drug-likeness (QED) is 0.266. The van der Waals surface area contributed by atoms with Crippen LogP contribution in [0.4, 0.5) is 0 Å². The fourth-order valence-electron chi connectivity index (χ4n) is 8.73. The SMILES string of the molecule is C[C@H]1CC[C@@H]2[C@H](C=C[C@H]3[C@H](C)C=CC[C@]4(C)C=C(CO)[C@H](C[C@@H](C)O)C[C@]45OC(=O)C(=C(O)[C@@]23C)C5=O)C1. The number of carbonyl (C=O) groups excluding carboxylic acids is 2. The van der Waals surface area contributed by atoms with Crippen LogP contribution >= 0.6 is 0 Å². The molecule has 0 radical (unpaired) electrons. The lowest BCUT2D eigenvalue weighted by Crippen LogP contribution is -2.55. The fraction of sp³-hybridized carbons (Fsp3) is 0.688. The summed E-state index contributed by atoms with van der Waals surface area (Å²) in [4.78, 5) is 28.2. The molecule has 0 aromatic rings. The summed E-state index contributed by atoms with van der Waals surface area (Å²) < 4.78 is 6.12. The number of Topliss-reactive ketones (excluding diaryl/α,β-unsaturated/α-hetero) is 1.